The average molecular weight is 418 g/mol. The highest BCUT2D eigenvalue weighted by Gasteiger charge is 2.24. The standard InChI is InChI=1S/C21H17Cl2NO4/c22-16-9-8-15(11-17(16)23)13-28-21(26)18(12-14-5-2-1-3-6-14)24-20(25)19-7-4-10-27-19/h1-11,18H,12-13H2,(H,24,25)/t18-/m0/s1. The second-order valence-corrected chi connectivity index (χ2v) is 6.86. The highest BCUT2D eigenvalue weighted by atomic mass is 35.5. The number of halogens is 2. The summed E-state index contributed by atoms with van der Waals surface area (Å²) in [6, 6.07) is 16.6. The molecule has 1 heterocycles. The van der Waals surface area contributed by atoms with Gasteiger partial charge in [-0.05, 0) is 35.4 Å². The molecule has 0 radical (unpaired) electrons. The number of hydrogen-bond acceptors (Lipinski definition) is 4. The summed E-state index contributed by atoms with van der Waals surface area (Å²) in [5.74, 6) is -0.928. The third-order valence-electron chi connectivity index (χ3n) is 3.98. The van der Waals surface area contributed by atoms with E-state index in [1.807, 2.05) is 30.3 Å². The molecule has 1 aromatic heterocycles. The maximum atomic E-state index is 12.7. The minimum atomic E-state index is -0.872. The monoisotopic (exact) mass is 417 g/mol. The molecular formula is C21H17Cl2NO4. The maximum absolute atomic E-state index is 12.7. The van der Waals surface area contributed by atoms with Crippen LogP contribution < -0.4 is 5.32 Å². The largest absolute Gasteiger partial charge is 0.459 e. The molecule has 2 aromatic carbocycles. The van der Waals surface area contributed by atoms with E-state index in [1.165, 1.54) is 12.3 Å². The van der Waals surface area contributed by atoms with Crippen LogP contribution in [-0.2, 0) is 22.6 Å². The van der Waals surface area contributed by atoms with Crippen LogP contribution in [0.1, 0.15) is 21.7 Å². The summed E-state index contributed by atoms with van der Waals surface area (Å²) in [5.41, 5.74) is 1.58. The van der Waals surface area contributed by atoms with Crippen LogP contribution in [-0.4, -0.2) is 17.9 Å². The Morgan fingerprint density at radius 1 is 0.964 bits per heavy atom. The molecule has 28 heavy (non-hydrogen) atoms. The lowest BCUT2D eigenvalue weighted by molar-refractivity contribution is -0.147. The molecule has 0 unspecified atom stereocenters. The first-order valence-electron chi connectivity index (χ1n) is 8.52. The van der Waals surface area contributed by atoms with Crippen LogP contribution in [0, 0.1) is 0 Å². The number of benzene rings is 2. The predicted molar refractivity (Wildman–Crippen MR) is 106 cm³/mol. The molecule has 7 heteroatoms. The van der Waals surface area contributed by atoms with Gasteiger partial charge in [0.05, 0.1) is 16.3 Å². The van der Waals surface area contributed by atoms with Gasteiger partial charge in [-0.25, -0.2) is 4.79 Å². The summed E-state index contributed by atoms with van der Waals surface area (Å²) >= 11 is 11.9. The normalized spacial score (nSPS) is 11.6. The molecule has 0 spiro atoms. The molecule has 1 N–H and O–H groups in total. The van der Waals surface area contributed by atoms with Gasteiger partial charge >= 0.3 is 5.97 Å². The fraction of sp³-hybridized carbons (Fsp3) is 0.143. The van der Waals surface area contributed by atoms with Crippen molar-refractivity contribution < 1.29 is 18.7 Å². The Labute approximate surface area is 172 Å². The molecule has 1 amide bonds. The number of ether oxygens (including phenoxy) is 1. The van der Waals surface area contributed by atoms with Crippen LogP contribution in [0.5, 0.6) is 0 Å². The van der Waals surface area contributed by atoms with Crippen LogP contribution >= 0.6 is 23.2 Å². The quantitative estimate of drug-likeness (QED) is 0.567. The van der Waals surface area contributed by atoms with Crippen molar-refractivity contribution in [3.05, 3.63) is 93.9 Å². The molecule has 0 bridgehead atoms. The number of furan rings is 1. The minimum Gasteiger partial charge on any atom is -0.459 e. The van der Waals surface area contributed by atoms with Crippen LogP contribution in [0.3, 0.4) is 0 Å². The van der Waals surface area contributed by atoms with Crippen molar-refractivity contribution in [2.75, 3.05) is 0 Å². The van der Waals surface area contributed by atoms with Gasteiger partial charge in [0.2, 0.25) is 0 Å². The highest BCUT2D eigenvalue weighted by molar-refractivity contribution is 6.42. The van der Waals surface area contributed by atoms with Gasteiger partial charge in [0.15, 0.2) is 5.76 Å². The number of amides is 1. The predicted octanol–water partition coefficient (Wildman–Crippen LogP) is 4.67. The zero-order chi connectivity index (χ0) is 19.9. The second-order valence-electron chi connectivity index (χ2n) is 6.05. The van der Waals surface area contributed by atoms with Gasteiger partial charge in [-0.2, -0.15) is 0 Å². The van der Waals surface area contributed by atoms with E-state index in [1.54, 1.807) is 24.3 Å². The lowest BCUT2D eigenvalue weighted by atomic mass is 10.1. The molecule has 3 rings (SSSR count). The number of carbonyl (C=O) groups excluding carboxylic acids is 2. The molecule has 0 aliphatic rings. The number of nitrogens with one attached hydrogen (secondary N) is 1. The SMILES string of the molecule is O=C(N[C@@H](Cc1ccccc1)C(=O)OCc1ccc(Cl)c(Cl)c1)c1ccco1. The maximum Gasteiger partial charge on any atom is 0.329 e. The van der Waals surface area contributed by atoms with E-state index in [4.69, 9.17) is 32.4 Å². The Balaban J connectivity index is 1.69. The summed E-state index contributed by atoms with van der Waals surface area (Å²) in [7, 11) is 0. The molecule has 0 saturated heterocycles. The molecule has 0 aliphatic heterocycles. The fourth-order valence-corrected chi connectivity index (χ4v) is 2.89. The topological polar surface area (TPSA) is 68.5 Å². The molecule has 144 valence electrons. The molecule has 0 saturated carbocycles. The third kappa shape index (κ3) is 5.38. The van der Waals surface area contributed by atoms with E-state index in [-0.39, 0.29) is 18.8 Å². The van der Waals surface area contributed by atoms with Crippen LogP contribution in [0.25, 0.3) is 0 Å². The molecule has 0 aliphatic carbocycles. The third-order valence-corrected chi connectivity index (χ3v) is 4.72. The number of hydrogen-bond donors (Lipinski definition) is 1. The van der Waals surface area contributed by atoms with Gasteiger partial charge in [0.1, 0.15) is 12.6 Å². The van der Waals surface area contributed by atoms with Crippen LogP contribution in [0.4, 0.5) is 0 Å². The number of carbonyl (C=O) groups is 2. The lowest BCUT2D eigenvalue weighted by Gasteiger charge is -2.17. The van der Waals surface area contributed by atoms with Gasteiger partial charge in [0, 0.05) is 6.42 Å². The van der Waals surface area contributed by atoms with Crippen molar-refractivity contribution in [3.8, 4) is 0 Å². The van der Waals surface area contributed by atoms with Crippen LogP contribution in [0.2, 0.25) is 10.0 Å². The first-order valence-corrected chi connectivity index (χ1v) is 9.27. The number of rotatable bonds is 7. The first kappa shape index (κ1) is 20.0. The molecule has 5 nitrogen and oxygen atoms in total. The van der Waals surface area contributed by atoms with E-state index >= 15 is 0 Å². The summed E-state index contributed by atoms with van der Waals surface area (Å²) in [6.45, 7) is 0.0115. The Hall–Kier alpha value is -2.76. The van der Waals surface area contributed by atoms with Crippen molar-refractivity contribution in [3.63, 3.8) is 0 Å². The summed E-state index contributed by atoms with van der Waals surface area (Å²) in [5, 5.41) is 3.47. The summed E-state index contributed by atoms with van der Waals surface area (Å²) in [4.78, 5) is 25.0. The van der Waals surface area contributed by atoms with E-state index in [9.17, 15) is 9.59 Å². The molecule has 0 fully saturated rings. The highest BCUT2D eigenvalue weighted by Crippen LogP contribution is 2.23. The van der Waals surface area contributed by atoms with E-state index in [0.29, 0.717) is 15.6 Å². The van der Waals surface area contributed by atoms with Crippen LogP contribution in [0.15, 0.2) is 71.3 Å². The molecular weight excluding hydrogens is 401 g/mol. The van der Waals surface area contributed by atoms with Crippen molar-refractivity contribution >= 4 is 35.1 Å². The van der Waals surface area contributed by atoms with Crippen molar-refractivity contribution in [2.45, 2.75) is 19.1 Å². The van der Waals surface area contributed by atoms with Crippen molar-refractivity contribution in [1.82, 2.24) is 5.32 Å². The Bertz CT molecular complexity index is 942. The van der Waals surface area contributed by atoms with Gasteiger partial charge < -0.3 is 14.5 Å². The lowest BCUT2D eigenvalue weighted by Crippen LogP contribution is -2.43. The van der Waals surface area contributed by atoms with Gasteiger partial charge in [-0.1, -0.05) is 59.6 Å². The van der Waals surface area contributed by atoms with E-state index < -0.39 is 17.9 Å². The summed E-state index contributed by atoms with van der Waals surface area (Å²) < 4.78 is 10.5. The molecule has 1 atom stereocenters. The zero-order valence-electron chi connectivity index (χ0n) is 14.7. The van der Waals surface area contributed by atoms with Gasteiger partial charge in [0.25, 0.3) is 5.91 Å². The Kier molecular flexibility index (Phi) is 6.74. The number of esters is 1. The minimum absolute atomic E-state index is 0.0115. The van der Waals surface area contributed by atoms with Gasteiger partial charge in [-0.15, -0.1) is 0 Å². The smallest absolute Gasteiger partial charge is 0.329 e. The first-order chi connectivity index (χ1) is 13.5. The fourth-order valence-electron chi connectivity index (χ4n) is 2.56. The zero-order valence-corrected chi connectivity index (χ0v) is 16.2. The van der Waals surface area contributed by atoms with E-state index in [2.05, 4.69) is 5.32 Å². The summed E-state index contributed by atoms with van der Waals surface area (Å²) in [6.07, 6.45) is 1.68. The molecule has 3 aromatic rings. The Morgan fingerprint density at radius 2 is 1.75 bits per heavy atom. The van der Waals surface area contributed by atoms with Gasteiger partial charge in [-0.3, -0.25) is 4.79 Å². The second kappa shape index (κ2) is 9.44. The average Bonchev–Trinajstić information content (AvgIpc) is 3.24. The van der Waals surface area contributed by atoms with E-state index in [0.717, 1.165) is 5.56 Å². The van der Waals surface area contributed by atoms with Crippen molar-refractivity contribution in [2.24, 2.45) is 0 Å². The van der Waals surface area contributed by atoms with Crippen molar-refractivity contribution in [1.29, 1.82) is 0 Å². The Morgan fingerprint density at radius 3 is 2.43 bits per heavy atom.